The molecule has 1 aromatic rings. The van der Waals surface area contributed by atoms with Crippen LogP contribution in [0.5, 0.6) is 0 Å². The molecule has 0 aromatic heterocycles. The van der Waals surface area contributed by atoms with Gasteiger partial charge in [-0.1, -0.05) is 36.2 Å². The zero-order valence-corrected chi connectivity index (χ0v) is 13.1. The summed E-state index contributed by atoms with van der Waals surface area (Å²) < 4.78 is 5.57. The van der Waals surface area contributed by atoms with Gasteiger partial charge in [0.15, 0.2) is 0 Å². The molecule has 2 aliphatic rings. The molecule has 2 aliphatic carbocycles. The van der Waals surface area contributed by atoms with Gasteiger partial charge in [-0.05, 0) is 42.7 Å². The monoisotopic (exact) mass is 309 g/mol. The maximum Gasteiger partial charge on any atom is 0.0897 e. The minimum Gasteiger partial charge on any atom is -0.389 e. The molecule has 3 rings (SSSR count). The fourth-order valence-electron chi connectivity index (χ4n) is 3.76. The summed E-state index contributed by atoms with van der Waals surface area (Å²) in [5, 5.41) is 14.2. The summed E-state index contributed by atoms with van der Waals surface area (Å²) in [6.07, 6.45) is 4.99. The molecule has 1 aromatic carbocycles. The van der Waals surface area contributed by atoms with E-state index < -0.39 is 6.10 Å². The normalized spacial score (nSPS) is 29.0. The molecule has 0 aliphatic heterocycles. The van der Waals surface area contributed by atoms with Gasteiger partial charge in [-0.15, -0.1) is 0 Å². The van der Waals surface area contributed by atoms with Crippen LogP contribution in [0.15, 0.2) is 24.3 Å². The first-order valence-corrected chi connectivity index (χ1v) is 8.32. The lowest BCUT2D eigenvalue weighted by molar-refractivity contribution is 0.0267. The lowest BCUT2D eigenvalue weighted by Gasteiger charge is -2.24. The molecule has 3 nitrogen and oxygen atoms in total. The third-order valence-corrected chi connectivity index (χ3v) is 5.25. The zero-order valence-electron chi connectivity index (χ0n) is 12.3. The van der Waals surface area contributed by atoms with Crippen LogP contribution in [0.25, 0.3) is 0 Å². The van der Waals surface area contributed by atoms with Gasteiger partial charge >= 0.3 is 0 Å². The second kappa shape index (κ2) is 7.10. The van der Waals surface area contributed by atoms with Crippen LogP contribution in [0, 0.1) is 11.8 Å². The van der Waals surface area contributed by atoms with Gasteiger partial charge in [0.2, 0.25) is 0 Å². The van der Waals surface area contributed by atoms with Crippen LogP contribution in [0.1, 0.15) is 31.2 Å². The molecule has 2 fully saturated rings. The van der Waals surface area contributed by atoms with Gasteiger partial charge in [-0.3, -0.25) is 0 Å². The number of ether oxygens (including phenoxy) is 1. The Bertz CT molecular complexity index is 468. The molecule has 0 radical (unpaired) electrons. The van der Waals surface area contributed by atoms with Crippen LogP contribution in [0.3, 0.4) is 0 Å². The molecule has 4 atom stereocenters. The van der Waals surface area contributed by atoms with Gasteiger partial charge < -0.3 is 15.2 Å². The number of hydrogen-bond acceptors (Lipinski definition) is 3. The van der Waals surface area contributed by atoms with Gasteiger partial charge in [0.05, 0.1) is 19.3 Å². The van der Waals surface area contributed by atoms with Crippen molar-refractivity contribution in [2.75, 3.05) is 13.2 Å². The Balaban J connectivity index is 1.33. The predicted molar refractivity (Wildman–Crippen MR) is 84.4 cm³/mol. The smallest absolute Gasteiger partial charge is 0.0897 e. The number of aliphatic hydroxyl groups is 1. The van der Waals surface area contributed by atoms with Crippen LogP contribution in [-0.4, -0.2) is 30.4 Å². The second-order valence-corrected chi connectivity index (χ2v) is 6.86. The highest BCUT2D eigenvalue weighted by molar-refractivity contribution is 6.31. The first-order chi connectivity index (χ1) is 10.2. The second-order valence-electron chi connectivity index (χ2n) is 6.45. The fraction of sp³-hybridized carbons (Fsp3) is 0.647. The van der Waals surface area contributed by atoms with Crippen LogP contribution >= 0.6 is 11.6 Å². The summed E-state index contributed by atoms with van der Waals surface area (Å²) in [4.78, 5) is 0. The molecule has 0 saturated heterocycles. The molecule has 0 spiro atoms. The molecule has 0 heterocycles. The maximum absolute atomic E-state index is 10.0. The van der Waals surface area contributed by atoms with Gasteiger partial charge in [0, 0.05) is 17.6 Å². The van der Waals surface area contributed by atoms with E-state index >= 15 is 0 Å². The van der Waals surface area contributed by atoms with Crippen molar-refractivity contribution in [1.82, 2.24) is 5.32 Å². The van der Waals surface area contributed by atoms with Crippen molar-refractivity contribution in [2.45, 2.75) is 44.4 Å². The molecule has 21 heavy (non-hydrogen) atoms. The Morgan fingerprint density at radius 3 is 2.86 bits per heavy atom. The Hall–Kier alpha value is -0.610. The molecule has 4 unspecified atom stereocenters. The summed E-state index contributed by atoms with van der Waals surface area (Å²) in [5.74, 6) is 1.77. The predicted octanol–water partition coefficient (Wildman–Crippen LogP) is 3.00. The van der Waals surface area contributed by atoms with Crippen molar-refractivity contribution in [1.29, 1.82) is 0 Å². The first kappa shape index (κ1) is 15.3. The molecule has 4 heteroatoms. The van der Waals surface area contributed by atoms with Crippen LogP contribution in [0.2, 0.25) is 5.02 Å². The van der Waals surface area contributed by atoms with E-state index in [1.165, 1.54) is 25.7 Å². The lowest BCUT2D eigenvalue weighted by Crippen LogP contribution is -2.40. The van der Waals surface area contributed by atoms with Crippen LogP contribution in [0.4, 0.5) is 0 Å². The summed E-state index contributed by atoms with van der Waals surface area (Å²) in [7, 11) is 0. The quantitative estimate of drug-likeness (QED) is 0.813. The molecule has 2 N–H and O–H groups in total. The summed E-state index contributed by atoms with van der Waals surface area (Å²) in [5.41, 5.74) is 0.965. The SMILES string of the molecule is OC(CNC1CC2CCC1C2)COCc1ccccc1Cl. The van der Waals surface area contributed by atoms with Crippen molar-refractivity contribution in [3.8, 4) is 0 Å². The van der Waals surface area contributed by atoms with Crippen molar-refractivity contribution >= 4 is 11.6 Å². The van der Waals surface area contributed by atoms with E-state index in [2.05, 4.69) is 5.32 Å². The summed E-state index contributed by atoms with van der Waals surface area (Å²) >= 11 is 6.07. The third-order valence-electron chi connectivity index (χ3n) is 4.88. The first-order valence-electron chi connectivity index (χ1n) is 7.95. The maximum atomic E-state index is 10.0. The zero-order chi connectivity index (χ0) is 14.7. The van der Waals surface area contributed by atoms with Crippen molar-refractivity contribution in [3.05, 3.63) is 34.9 Å². The molecular weight excluding hydrogens is 286 g/mol. The van der Waals surface area contributed by atoms with Crippen molar-refractivity contribution in [2.24, 2.45) is 11.8 Å². The van der Waals surface area contributed by atoms with Gasteiger partial charge in [-0.2, -0.15) is 0 Å². The number of nitrogens with one attached hydrogen (secondary N) is 1. The number of halogens is 1. The summed E-state index contributed by atoms with van der Waals surface area (Å²) in [6.45, 7) is 1.42. The molecule has 116 valence electrons. The average molecular weight is 310 g/mol. The van der Waals surface area contributed by atoms with Gasteiger partial charge in [0.1, 0.15) is 0 Å². The highest BCUT2D eigenvalue weighted by Gasteiger charge is 2.39. The average Bonchev–Trinajstić information content (AvgIpc) is 3.10. The highest BCUT2D eigenvalue weighted by atomic mass is 35.5. The molecule has 2 bridgehead atoms. The van der Waals surface area contributed by atoms with Crippen LogP contribution < -0.4 is 5.32 Å². The Morgan fingerprint density at radius 1 is 1.29 bits per heavy atom. The number of aliphatic hydroxyl groups excluding tert-OH is 1. The topological polar surface area (TPSA) is 41.5 Å². The number of fused-ring (bicyclic) bond motifs is 2. The van der Waals surface area contributed by atoms with Crippen molar-refractivity contribution in [3.63, 3.8) is 0 Å². The Labute approximate surface area is 131 Å². The van der Waals surface area contributed by atoms with Gasteiger partial charge in [-0.25, -0.2) is 0 Å². The largest absolute Gasteiger partial charge is 0.389 e. The van der Waals surface area contributed by atoms with E-state index in [0.717, 1.165) is 17.4 Å². The Kier molecular flexibility index (Phi) is 5.17. The Morgan fingerprint density at radius 2 is 2.14 bits per heavy atom. The minimum atomic E-state index is -0.452. The van der Waals surface area contributed by atoms with Gasteiger partial charge in [0.25, 0.3) is 0 Å². The molecular formula is C17H24ClNO2. The van der Waals surface area contributed by atoms with E-state index in [9.17, 15) is 5.11 Å². The summed E-state index contributed by atoms with van der Waals surface area (Å²) in [6, 6.07) is 8.26. The highest BCUT2D eigenvalue weighted by Crippen LogP contribution is 2.44. The fourth-order valence-corrected chi connectivity index (χ4v) is 3.95. The van der Waals surface area contributed by atoms with Crippen LogP contribution in [-0.2, 0) is 11.3 Å². The van der Waals surface area contributed by atoms with Crippen molar-refractivity contribution < 1.29 is 9.84 Å². The van der Waals surface area contributed by atoms with E-state index in [-0.39, 0.29) is 0 Å². The van der Waals surface area contributed by atoms with E-state index in [1.54, 1.807) is 0 Å². The standard InChI is InChI=1S/C17H24ClNO2/c18-16-4-2-1-3-14(16)10-21-11-15(20)9-19-17-8-12-5-6-13(17)7-12/h1-4,12-13,15,17,19-20H,5-11H2. The lowest BCUT2D eigenvalue weighted by atomic mass is 9.95. The molecule has 0 amide bonds. The molecule has 2 saturated carbocycles. The third kappa shape index (κ3) is 3.98. The van der Waals surface area contributed by atoms with E-state index in [1.807, 2.05) is 24.3 Å². The number of rotatable bonds is 7. The van der Waals surface area contributed by atoms with E-state index in [0.29, 0.717) is 30.8 Å². The number of benzene rings is 1. The number of hydrogen-bond donors (Lipinski definition) is 2. The minimum absolute atomic E-state index is 0.346. The van der Waals surface area contributed by atoms with E-state index in [4.69, 9.17) is 16.3 Å².